The summed E-state index contributed by atoms with van der Waals surface area (Å²) in [6.07, 6.45) is 8.61. The van der Waals surface area contributed by atoms with Gasteiger partial charge in [0.25, 0.3) is 0 Å². The Kier molecular flexibility index (Phi) is 3.06. The zero-order valence-electron chi connectivity index (χ0n) is 11.2. The third-order valence-electron chi connectivity index (χ3n) is 4.50. The Morgan fingerprint density at radius 1 is 1.17 bits per heavy atom. The van der Waals surface area contributed by atoms with Gasteiger partial charge in [-0.15, -0.1) is 0 Å². The largest absolute Gasteiger partial charge is 0.487 e. The van der Waals surface area contributed by atoms with Crippen LogP contribution in [0.4, 0.5) is 0 Å². The van der Waals surface area contributed by atoms with Crippen molar-refractivity contribution < 1.29 is 4.74 Å². The topological polar surface area (TPSA) is 35.2 Å². The molecule has 0 unspecified atom stereocenters. The molecule has 0 radical (unpaired) electrons. The molecule has 2 aliphatic rings. The molecule has 2 nitrogen and oxygen atoms in total. The van der Waals surface area contributed by atoms with Crippen LogP contribution in [0.5, 0.6) is 5.75 Å². The van der Waals surface area contributed by atoms with Gasteiger partial charge in [0.15, 0.2) is 0 Å². The Morgan fingerprint density at radius 3 is 2.61 bits per heavy atom. The summed E-state index contributed by atoms with van der Waals surface area (Å²) in [7, 11) is 0. The van der Waals surface area contributed by atoms with Gasteiger partial charge in [0, 0.05) is 18.0 Å². The van der Waals surface area contributed by atoms with Crippen molar-refractivity contribution in [2.75, 3.05) is 0 Å². The zero-order chi connectivity index (χ0) is 12.6. The van der Waals surface area contributed by atoms with Crippen molar-refractivity contribution in [2.24, 2.45) is 5.73 Å². The molecule has 98 valence electrons. The molecule has 1 aromatic carbocycles. The summed E-state index contributed by atoms with van der Waals surface area (Å²) in [4.78, 5) is 0. The van der Waals surface area contributed by atoms with Crippen LogP contribution in [0.3, 0.4) is 0 Å². The summed E-state index contributed by atoms with van der Waals surface area (Å²) >= 11 is 0. The number of ether oxygens (including phenoxy) is 1. The first kappa shape index (κ1) is 12.0. The molecule has 1 atom stereocenters. The summed E-state index contributed by atoms with van der Waals surface area (Å²) in [5, 5.41) is 0. The van der Waals surface area contributed by atoms with Gasteiger partial charge in [-0.05, 0) is 38.7 Å². The smallest absolute Gasteiger partial charge is 0.124 e. The second-order valence-electron chi connectivity index (χ2n) is 6.05. The van der Waals surface area contributed by atoms with Gasteiger partial charge in [0.1, 0.15) is 11.4 Å². The van der Waals surface area contributed by atoms with Gasteiger partial charge >= 0.3 is 0 Å². The molecule has 1 aliphatic heterocycles. The van der Waals surface area contributed by atoms with Crippen LogP contribution in [0.2, 0.25) is 0 Å². The molecule has 0 aromatic heterocycles. The Balaban J connectivity index is 1.92. The fraction of sp³-hybridized carbons (Fsp3) is 0.625. The fourth-order valence-electron chi connectivity index (χ4n) is 3.52. The lowest BCUT2D eigenvalue weighted by Gasteiger charge is -2.41. The monoisotopic (exact) mass is 245 g/mol. The third kappa shape index (κ3) is 2.14. The Bertz CT molecular complexity index is 433. The molecule has 3 rings (SSSR count). The Morgan fingerprint density at radius 2 is 1.89 bits per heavy atom. The number of benzene rings is 1. The van der Waals surface area contributed by atoms with Gasteiger partial charge in [-0.25, -0.2) is 0 Å². The second kappa shape index (κ2) is 4.58. The van der Waals surface area contributed by atoms with E-state index in [0.717, 1.165) is 12.2 Å². The molecule has 18 heavy (non-hydrogen) atoms. The molecule has 2 heteroatoms. The van der Waals surface area contributed by atoms with Gasteiger partial charge < -0.3 is 10.5 Å². The highest BCUT2D eigenvalue weighted by atomic mass is 16.5. The predicted octanol–water partition coefficient (Wildman–Crippen LogP) is 3.87. The molecule has 0 amide bonds. The Hall–Kier alpha value is -1.02. The molecule has 0 bridgehead atoms. The minimum Gasteiger partial charge on any atom is -0.487 e. The van der Waals surface area contributed by atoms with E-state index in [4.69, 9.17) is 10.5 Å². The molecule has 1 saturated carbocycles. The average Bonchev–Trinajstić information content (AvgIpc) is 2.56. The molecular formula is C16H23NO. The lowest BCUT2D eigenvalue weighted by molar-refractivity contribution is 0.0213. The van der Waals surface area contributed by atoms with E-state index in [1.54, 1.807) is 0 Å². The SMILES string of the molecule is Cc1ccc2c(c1)[C@@H](N)CC1(CCCCCC1)O2. The van der Waals surface area contributed by atoms with Gasteiger partial charge in [-0.3, -0.25) is 0 Å². The van der Waals surface area contributed by atoms with Crippen molar-refractivity contribution in [3.8, 4) is 5.75 Å². The van der Waals surface area contributed by atoms with Crippen LogP contribution in [0.25, 0.3) is 0 Å². The first-order valence-electron chi connectivity index (χ1n) is 7.24. The lowest BCUT2D eigenvalue weighted by atomic mass is 9.82. The summed E-state index contributed by atoms with van der Waals surface area (Å²) in [5.41, 5.74) is 8.88. The number of fused-ring (bicyclic) bond motifs is 1. The highest BCUT2D eigenvalue weighted by molar-refractivity contribution is 5.41. The molecule has 1 aromatic rings. The number of rotatable bonds is 0. The van der Waals surface area contributed by atoms with Gasteiger partial charge in [-0.1, -0.05) is 30.5 Å². The molecular weight excluding hydrogens is 222 g/mol. The highest BCUT2D eigenvalue weighted by Gasteiger charge is 2.39. The van der Waals surface area contributed by atoms with E-state index in [0.29, 0.717) is 0 Å². The van der Waals surface area contributed by atoms with Crippen molar-refractivity contribution in [2.45, 2.75) is 63.5 Å². The lowest BCUT2D eigenvalue weighted by Crippen LogP contribution is -2.42. The minimum atomic E-state index is 0.0260. The van der Waals surface area contributed by atoms with Crippen molar-refractivity contribution >= 4 is 0 Å². The summed E-state index contributed by atoms with van der Waals surface area (Å²) in [6.45, 7) is 2.11. The maximum absolute atomic E-state index is 6.39. The average molecular weight is 245 g/mol. The van der Waals surface area contributed by atoms with Crippen molar-refractivity contribution in [3.05, 3.63) is 29.3 Å². The van der Waals surface area contributed by atoms with Gasteiger partial charge in [0.2, 0.25) is 0 Å². The van der Waals surface area contributed by atoms with Crippen LogP contribution in [0.1, 0.15) is 62.1 Å². The number of aryl methyl sites for hydroxylation is 1. The van der Waals surface area contributed by atoms with Crippen LogP contribution >= 0.6 is 0 Å². The van der Waals surface area contributed by atoms with E-state index in [2.05, 4.69) is 25.1 Å². The van der Waals surface area contributed by atoms with Crippen LogP contribution < -0.4 is 10.5 Å². The van der Waals surface area contributed by atoms with Crippen LogP contribution in [0.15, 0.2) is 18.2 Å². The van der Waals surface area contributed by atoms with Crippen molar-refractivity contribution in [1.82, 2.24) is 0 Å². The predicted molar refractivity (Wildman–Crippen MR) is 73.8 cm³/mol. The normalized spacial score (nSPS) is 26.2. The first-order chi connectivity index (χ1) is 8.69. The van der Waals surface area contributed by atoms with Crippen LogP contribution in [0, 0.1) is 6.92 Å². The molecule has 1 heterocycles. The fourth-order valence-corrected chi connectivity index (χ4v) is 3.52. The quantitative estimate of drug-likeness (QED) is 0.753. The van der Waals surface area contributed by atoms with E-state index in [1.165, 1.54) is 49.7 Å². The number of nitrogens with two attached hydrogens (primary N) is 1. The van der Waals surface area contributed by atoms with E-state index in [1.807, 2.05) is 0 Å². The Labute approximate surface area is 110 Å². The summed E-state index contributed by atoms with van der Waals surface area (Å²) < 4.78 is 6.39. The molecule has 1 spiro atoms. The van der Waals surface area contributed by atoms with Crippen molar-refractivity contribution in [1.29, 1.82) is 0 Å². The van der Waals surface area contributed by atoms with Gasteiger partial charge in [-0.2, -0.15) is 0 Å². The number of hydrogen-bond donors (Lipinski definition) is 1. The van der Waals surface area contributed by atoms with Crippen molar-refractivity contribution in [3.63, 3.8) is 0 Å². The van der Waals surface area contributed by atoms with E-state index < -0.39 is 0 Å². The second-order valence-corrected chi connectivity index (χ2v) is 6.05. The van der Waals surface area contributed by atoms with E-state index in [9.17, 15) is 0 Å². The van der Waals surface area contributed by atoms with Crippen LogP contribution in [-0.4, -0.2) is 5.60 Å². The maximum Gasteiger partial charge on any atom is 0.124 e. The highest BCUT2D eigenvalue weighted by Crippen LogP contribution is 2.44. The summed E-state index contributed by atoms with van der Waals surface area (Å²) in [6, 6.07) is 6.56. The molecule has 0 saturated heterocycles. The van der Waals surface area contributed by atoms with E-state index >= 15 is 0 Å². The third-order valence-corrected chi connectivity index (χ3v) is 4.50. The number of hydrogen-bond acceptors (Lipinski definition) is 2. The minimum absolute atomic E-state index is 0.0260. The molecule has 1 fully saturated rings. The zero-order valence-corrected chi connectivity index (χ0v) is 11.2. The first-order valence-corrected chi connectivity index (χ1v) is 7.24. The van der Waals surface area contributed by atoms with Crippen LogP contribution in [-0.2, 0) is 0 Å². The van der Waals surface area contributed by atoms with E-state index in [-0.39, 0.29) is 11.6 Å². The molecule has 1 aliphatic carbocycles. The summed E-state index contributed by atoms with van der Waals surface area (Å²) in [5.74, 6) is 1.03. The van der Waals surface area contributed by atoms with Gasteiger partial charge in [0.05, 0.1) is 0 Å². The molecule has 2 N–H and O–H groups in total. The maximum atomic E-state index is 6.39. The standard InChI is InChI=1S/C16H23NO/c1-12-6-7-15-13(10-12)14(17)11-16(18-15)8-4-2-3-5-9-16/h6-7,10,14H,2-5,8-9,11,17H2,1H3/t14-/m0/s1.